The number of carbonyl (C=O) groups excluding carboxylic acids is 1. The van der Waals surface area contributed by atoms with Crippen LogP contribution in [-0.4, -0.2) is 62.8 Å². The highest BCUT2D eigenvalue weighted by Crippen LogP contribution is 2.33. The van der Waals surface area contributed by atoms with Crippen LogP contribution in [0, 0.1) is 0 Å². The van der Waals surface area contributed by atoms with Crippen molar-refractivity contribution in [2.45, 2.75) is 4.90 Å². The average molecular weight is 446 g/mol. The quantitative estimate of drug-likeness (QED) is 0.616. The highest BCUT2D eigenvalue weighted by Gasteiger charge is 2.31. The summed E-state index contributed by atoms with van der Waals surface area (Å²) in [6.07, 6.45) is 0. The third-order valence-electron chi connectivity index (χ3n) is 5.00. The van der Waals surface area contributed by atoms with Crippen molar-refractivity contribution < 1.29 is 13.2 Å². The van der Waals surface area contributed by atoms with Crippen molar-refractivity contribution in [3.8, 4) is 0 Å². The lowest BCUT2D eigenvalue weighted by molar-refractivity contribution is 0.0986. The number of hydrogen-bond donors (Lipinski definition) is 0. The number of hydrogen-bond acceptors (Lipinski definition) is 6. The van der Waals surface area contributed by atoms with E-state index in [-0.39, 0.29) is 15.5 Å². The molecule has 0 unspecified atom stereocenters. The zero-order chi connectivity index (χ0) is 21.6. The number of nitrogens with zero attached hydrogens (tertiary/aromatic N) is 5. The molecule has 1 aliphatic rings. The van der Waals surface area contributed by atoms with Gasteiger partial charge in [-0.15, -0.1) is 0 Å². The molecular weight excluding hydrogens is 426 g/mol. The monoisotopic (exact) mass is 445 g/mol. The molecule has 1 aliphatic heterocycles. The fourth-order valence-electron chi connectivity index (χ4n) is 3.26. The summed E-state index contributed by atoms with van der Waals surface area (Å²) in [4.78, 5) is 26.2. The van der Waals surface area contributed by atoms with Crippen LogP contribution in [0.2, 0.25) is 5.02 Å². The third kappa shape index (κ3) is 3.38. The molecule has 0 spiro atoms. The predicted octanol–water partition coefficient (Wildman–Crippen LogP) is 2.63. The number of fused-ring (bicyclic) bond motifs is 2. The molecule has 3 aromatic rings. The van der Waals surface area contributed by atoms with Gasteiger partial charge in [0.25, 0.3) is 5.91 Å². The van der Waals surface area contributed by atoms with Crippen LogP contribution in [-0.2, 0) is 10.0 Å². The van der Waals surface area contributed by atoms with E-state index in [2.05, 4.69) is 9.97 Å². The normalized spacial score (nSPS) is 14.3. The van der Waals surface area contributed by atoms with Crippen molar-refractivity contribution in [3.05, 3.63) is 53.1 Å². The van der Waals surface area contributed by atoms with Crippen LogP contribution in [0.5, 0.6) is 0 Å². The Morgan fingerprint density at radius 1 is 1.03 bits per heavy atom. The Balaban J connectivity index is 1.82. The van der Waals surface area contributed by atoms with E-state index >= 15 is 0 Å². The summed E-state index contributed by atoms with van der Waals surface area (Å²) >= 11 is 6.29. The first kappa shape index (κ1) is 20.5. The molecule has 0 atom stereocenters. The summed E-state index contributed by atoms with van der Waals surface area (Å²) in [7, 11) is 1.05. The Morgan fingerprint density at radius 2 is 1.67 bits per heavy atom. The first-order valence-electron chi connectivity index (χ1n) is 9.22. The molecule has 1 amide bonds. The predicted molar refractivity (Wildman–Crippen MR) is 117 cm³/mol. The van der Waals surface area contributed by atoms with Crippen molar-refractivity contribution >= 4 is 50.2 Å². The maximum atomic E-state index is 13.4. The van der Waals surface area contributed by atoms with Gasteiger partial charge in [0.15, 0.2) is 11.6 Å². The minimum Gasteiger partial charge on any atom is -0.355 e. The highest BCUT2D eigenvalue weighted by atomic mass is 35.5. The number of sulfonamides is 1. The molecule has 10 heteroatoms. The minimum atomic E-state index is -3.71. The Hall–Kier alpha value is -2.75. The number of para-hydroxylation sites is 2. The van der Waals surface area contributed by atoms with Crippen molar-refractivity contribution in [3.63, 3.8) is 0 Å². The molecule has 0 saturated heterocycles. The number of halogens is 1. The molecule has 4 rings (SSSR count). The summed E-state index contributed by atoms with van der Waals surface area (Å²) in [5, 5.41) is 0.173. The van der Waals surface area contributed by atoms with Gasteiger partial charge in [-0.2, -0.15) is 0 Å². The molecule has 2 heterocycles. The Bertz CT molecular complexity index is 1260. The van der Waals surface area contributed by atoms with Crippen molar-refractivity contribution in [2.75, 3.05) is 44.0 Å². The van der Waals surface area contributed by atoms with Crippen molar-refractivity contribution in [1.82, 2.24) is 14.3 Å². The fourth-order valence-corrected chi connectivity index (χ4v) is 4.39. The molecule has 30 heavy (non-hydrogen) atoms. The second-order valence-electron chi connectivity index (χ2n) is 7.17. The third-order valence-corrected chi connectivity index (χ3v) is 7.14. The van der Waals surface area contributed by atoms with Gasteiger partial charge in [0, 0.05) is 34.2 Å². The van der Waals surface area contributed by atoms with Gasteiger partial charge in [-0.25, -0.2) is 22.7 Å². The number of amides is 1. The molecule has 0 fully saturated rings. The minimum absolute atomic E-state index is 0.000744. The lowest BCUT2D eigenvalue weighted by Gasteiger charge is -2.34. The van der Waals surface area contributed by atoms with E-state index in [0.29, 0.717) is 30.2 Å². The summed E-state index contributed by atoms with van der Waals surface area (Å²) in [5.41, 5.74) is 1.50. The van der Waals surface area contributed by atoms with Crippen LogP contribution in [0.25, 0.3) is 11.0 Å². The number of rotatable bonds is 3. The molecular formula is C20H20ClN5O3S. The fraction of sp³-hybridized carbons (Fsp3) is 0.250. The van der Waals surface area contributed by atoms with Crippen LogP contribution >= 0.6 is 11.6 Å². The number of likely N-dealkylation sites (N-methyl/N-ethyl adjacent to an activating group) is 1. The van der Waals surface area contributed by atoms with E-state index in [1.807, 2.05) is 36.2 Å². The second-order valence-corrected chi connectivity index (χ2v) is 9.73. The maximum absolute atomic E-state index is 13.4. The van der Waals surface area contributed by atoms with E-state index in [4.69, 9.17) is 11.6 Å². The second kappa shape index (κ2) is 7.50. The molecule has 1 aromatic heterocycles. The summed E-state index contributed by atoms with van der Waals surface area (Å²) in [5.74, 6) is 0.584. The van der Waals surface area contributed by atoms with Gasteiger partial charge in [-0.05, 0) is 30.3 Å². The highest BCUT2D eigenvalue weighted by molar-refractivity contribution is 7.89. The topological polar surface area (TPSA) is 86.7 Å². The lowest BCUT2D eigenvalue weighted by Crippen LogP contribution is -2.44. The Kier molecular flexibility index (Phi) is 5.13. The van der Waals surface area contributed by atoms with E-state index in [0.717, 1.165) is 9.82 Å². The van der Waals surface area contributed by atoms with Crippen molar-refractivity contribution in [2.24, 2.45) is 0 Å². The molecule has 0 saturated carbocycles. The lowest BCUT2D eigenvalue weighted by atomic mass is 10.1. The van der Waals surface area contributed by atoms with Gasteiger partial charge in [0.05, 0.1) is 26.5 Å². The van der Waals surface area contributed by atoms with E-state index < -0.39 is 15.9 Å². The summed E-state index contributed by atoms with van der Waals surface area (Å²) in [6, 6.07) is 11.6. The Morgan fingerprint density at radius 3 is 2.30 bits per heavy atom. The van der Waals surface area contributed by atoms with Gasteiger partial charge in [0.2, 0.25) is 10.0 Å². The van der Waals surface area contributed by atoms with Crippen LogP contribution in [0.15, 0.2) is 47.4 Å². The van der Waals surface area contributed by atoms with Crippen LogP contribution < -0.4 is 9.80 Å². The SMILES string of the molecule is CN1CCN(C(=O)c2cc(S(=O)(=O)N(C)C)ccc2Cl)c2nc3ccccc3nc21. The van der Waals surface area contributed by atoms with Gasteiger partial charge < -0.3 is 4.90 Å². The first-order chi connectivity index (χ1) is 14.2. The van der Waals surface area contributed by atoms with Gasteiger partial charge in [-0.3, -0.25) is 9.69 Å². The zero-order valence-corrected chi connectivity index (χ0v) is 18.3. The molecule has 0 N–H and O–H groups in total. The van der Waals surface area contributed by atoms with Crippen LogP contribution in [0.3, 0.4) is 0 Å². The van der Waals surface area contributed by atoms with Crippen molar-refractivity contribution in [1.29, 1.82) is 0 Å². The number of anilines is 2. The van der Waals surface area contributed by atoms with E-state index in [1.54, 1.807) is 0 Å². The average Bonchev–Trinajstić information content (AvgIpc) is 2.72. The molecule has 8 nitrogen and oxygen atoms in total. The summed E-state index contributed by atoms with van der Waals surface area (Å²) < 4.78 is 26.1. The molecule has 0 radical (unpaired) electrons. The Labute approximate surface area is 179 Å². The van der Waals surface area contributed by atoms with E-state index in [9.17, 15) is 13.2 Å². The first-order valence-corrected chi connectivity index (χ1v) is 11.0. The molecule has 156 valence electrons. The zero-order valence-electron chi connectivity index (χ0n) is 16.7. The molecule has 2 aromatic carbocycles. The van der Waals surface area contributed by atoms with Gasteiger partial charge in [-0.1, -0.05) is 23.7 Å². The maximum Gasteiger partial charge on any atom is 0.261 e. The van der Waals surface area contributed by atoms with Gasteiger partial charge >= 0.3 is 0 Å². The summed E-state index contributed by atoms with van der Waals surface area (Å²) in [6.45, 7) is 0.926. The van der Waals surface area contributed by atoms with Crippen LogP contribution in [0.4, 0.5) is 11.6 Å². The molecule has 0 bridgehead atoms. The van der Waals surface area contributed by atoms with E-state index in [1.165, 1.54) is 37.2 Å². The van der Waals surface area contributed by atoms with Gasteiger partial charge in [0.1, 0.15) is 0 Å². The smallest absolute Gasteiger partial charge is 0.261 e. The standard InChI is InChI=1S/C20H20ClN5O3S/c1-24(2)30(28,29)13-8-9-15(21)14(12-13)20(27)26-11-10-25(3)18-19(26)23-17-7-5-4-6-16(17)22-18/h4-9,12H,10-11H2,1-3H3. The van der Waals surface area contributed by atoms with Crippen LogP contribution in [0.1, 0.15) is 10.4 Å². The number of benzene rings is 2. The largest absolute Gasteiger partial charge is 0.355 e. The number of carbonyl (C=O) groups is 1. The number of aromatic nitrogens is 2. The molecule has 0 aliphatic carbocycles.